The summed E-state index contributed by atoms with van der Waals surface area (Å²) >= 11 is 12.4. The van der Waals surface area contributed by atoms with E-state index in [1.165, 1.54) is 0 Å². The number of halogens is 2. The summed E-state index contributed by atoms with van der Waals surface area (Å²) in [5.74, 6) is 0.258. The largest absolute Gasteiger partial charge is 0.420 e. The number of imidazole rings is 1. The lowest BCUT2D eigenvalue weighted by Gasteiger charge is -2.32. The van der Waals surface area contributed by atoms with Crippen LogP contribution in [0, 0.1) is 0 Å². The Balaban J connectivity index is 1.25. The van der Waals surface area contributed by atoms with Gasteiger partial charge in [0.15, 0.2) is 5.65 Å². The highest BCUT2D eigenvalue weighted by Crippen LogP contribution is 2.33. The number of amides is 1. The number of nitrogens with zero attached hydrogens (tertiary/aromatic N) is 5. The fourth-order valence-corrected chi connectivity index (χ4v) is 4.62. The molecule has 1 fully saturated rings. The van der Waals surface area contributed by atoms with Crippen LogP contribution in [0.4, 0.5) is 0 Å². The van der Waals surface area contributed by atoms with Gasteiger partial charge in [0.25, 0.3) is 5.89 Å². The highest BCUT2D eigenvalue weighted by Gasteiger charge is 2.27. The number of aromatic nitrogens is 5. The highest BCUT2D eigenvalue weighted by atomic mass is 35.5. The zero-order chi connectivity index (χ0) is 22.2. The van der Waals surface area contributed by atoms with E-state index in [1.54, 1.807) is 39.9 Å². The number of benzene rings is 1. The quantitative estimate of drug-likeness (QED) is 0.486. The Labute approximate surface area is 192 Å². The Kier molecular flexibility index (Phi) is 5.44. The molecule has 1 aromatic carbocycles. The van der Waals surface area contributed by atoms with E-state index in [4.69, 9.17) is 27.6 Å². The lowest BCUT2D eigenvalue weighted by Crippen LogP contribution is -2.41. The molecule has 3 aromatic heterocycles. The van der Waals surface area contributed by atoms with E-state index in [0.717, 1.165) is 5.52 Å². The normalized spacial score (nSPS) is 14.9. The number of hydrogen-bond acceptors (Lipinski definition) is 6. The van der Waals surface area contributed by atoms with Gasteiger partial charge < -0.3 is 9.32 Å². The maximum atomic E-state index is 12.8. The van der Waals surface area contributed by atoms with Crippen molar-refractivity contribution in [3.63, 3.8) is 0 Å². The van der Waals surface area contributed by atoms with Gasteiger partial charge in [0.05, 0.1) is 21.1 Å². The second-order valence-electron chi connectivity index (χ2n) is 7.56. The molecule has 32 heavy (non-hydrogen) atoms. The van der Waals surface area contributed by atoms with Crippen LogP contribution in [0.2, 0.25) is 10.0 Å². The van der Waals surface area contributed by atoms with Crippen LogP contribution in [-0.4, -0.2) is 48.6 Å². The third kappa shape index (κ3) is 3.78. The van der Waals surface area contributed by atoms with Gasteiger partial charge in [-0.1, -0.05) is 29.3 Å². The summed E-state index contributed by atoms with van der Waals surface area (Å²) in [6.07, 6.45) is 2.96. The first-order valence-electron chi connectivity index (χ1n) is 10.1. The van der Waals surface area contributed by atoms with E-state index in [-0.39, 0.29) is 35.8 Å². The third-order valence-corrected chi connectivity index (χ3v) is 6.25. The smallest absolute Gasteiger partial charge is 0.327 e. The summed E-state index contributed by atoms with van der Waals surface area (Å²) < 4.78 is 7.38. The van der Waals surface area contributed by atoms with Gasteiger partial charge in [-0.2, -0.15) is 0 Å². The first-order chi connectivity index (χ1) is 15.5. The standard InChI is InChI=1S/C21H18Cl2N6O3/c22-13-3-1-4-14(23)18(13)20-27-26-16(32-20)11-17(30)28-9-6-12(7-10-28)29-15-5-2-8-24-19(15)25-21(29)31/h1-5,8,12H,6-7,9-11H2,(H,24,25,31). The minimum atomic E-state index is -0.180. The lowest BCUT2D eigenvalue weighted by molar-refractivity contribution is -0.132. The fraction of sp³-hybridized carbons (Fsp3) is 0.286. The van der Waals surface area contributed by atoms with Crippen LogP contribution in [0.3, 0.4) is 0 Å². The van der Waals surface area contributed by atoms with E-state index in [2.05, 4.69) is 20.2 Å². The van der Waals surface area contributed by atoms with Gasteiger partial charge in [0.2, 0.25) is 11.8 Å². The number of carbonyl (C=O) groups excluding carboxylic acids is 1. The number of rotatable bonds is 4. The van der Waals surface area contributed by atoms with Gasteiger partial charge in [-0.3, -0.25) is 14.3 Å². The molecule has 1 saturated heterocycles. The van der Waals surface area contributed by atoms with Gasteiger partial charge in [-0.15, -0.1) is 10.2 Å². The van der Waals surface area contributed by atoms with Gasteiger partial charge in [0, 0.05) is 25.3 Å². The predicted molar refractivity (Wildman–Crippen MR) is 119 cm³/mol. The van der Waals surface area contributed by atoms with E-state index in [1.807, 2.05) is 6.07 Å². The van der Waals surface area contributed by atoms with Gasteiger partial charge in [-0.05, 0) is 37.1 Å². The van der Waals surface area contributed by atoms with Crippen molar-refractivity contribution in [2.24, 2.45) is 0 Å². The van der Waals surface area contributed by atoms with Crippen molar-refractivity contribution in [2.45, 2.75) is 25.3 Å². The summed E-state index contributed by atoms with van der Waals surface area (Å²) in [6, 6.07) is 8.75. The molecule has 0 saturated carbocycles. The van der Waals surface area contributed by atoms with Gasteiger partial charge >= 0.3 is 5.69 Å². The molecule has 1 aliphatic heterocycles. The number of fused-ring (bicyclic) bond motifs is 1. The van der Waals surface area contributed by atoms with Crippen LogP contribution in [0.25, 0.3) is 22.6 Å². The molecule has 0 unspecified atom stereocenters. The Bertz CT molecular complexity index is 1330. The zero-order valence-corrected chi connectivity index (χ0v) is 18.3. The summed E-state index contributed by atoms with van der Waals surface area (Å²) in [6.45, 7) is 1.06. The summed E-state index contributed by atoms with van der Waals surface area (Å²) in [5.41, 5.74) is 1.61. The Morgan fingerprint density at radius 2 is 1.88 bits per heavy atom. The van der Waals surface area contributed by atoms with E-state index in [0.29, 0.717) is 47.2 Å². The van der Waals surface area contributed by atoms with Crippen LogP contribution in [0.1, 0.15) is 24.8 Å². The SMILES string of the molecule is O=C(Cc1nnc(-c2c(Cl)cccc2Cl)o1)N1CCC(n2c(=O)[nH]c3ncccc32)CC1. The number of carbonyl (C=O) groups is 1. The molecule has 1 amide bonds. The molecule has 11 heteroatoms. The predicted octanol–water partition coefficient (Wildman–Crippen LogP) is 3.49. The summed E-state index contributed by atoms with van der Waals surface area (Å²) in [7, 11) is 0. The highest BCUT2D eigenvalue weighted by molar-refractivity contribution is 6.38. The molecular formula is C21H18Cl2N6O3. The average Bonchev–Trinajstić information content (AvgIpc) is 3.37. The second-order valence-corrected chi connectivity index (χ2v) is 8.37. The first-order valence-corrected chi connectivity index (χ1v) is 10.9. The van der Waals surface area contributed by atoms with E-state index >= 15 is 0 Å². The molecule has 0 radical (unpaired) electrons. The van der Waals surface area contributed by atoms with Crippen molar-refractivity contribution >= 4 is 40.3 Å². The van der Waals surface area contributed by atoms with Crippen molar-refractivity contribution < 1.29 is 9.21 Å². The van der Waals surface area contributed by atoms with Crippen molar-refractivity contribution in [1.82, 2.24) is 29.6 Å². The molecule has 4 heterocycles. The number of piperidine rings is 1. The van der Waals surface area contributed by atoms with Crippen LogP contribution >= 0.6 is 23.2 Å². The molecule has 1 aliphatic rings. The Morgan fingerprint density at radius 3 is 2.62 bits per heavy atom. The first kappa shape index (κ1) is 20.7. The summed E-state index contributed by atoms with van der Waals surface area (Å²) in [5, 5.41) is 8.74. The van der Waals surface area contributed by atoms with Crippen LogP contribution in [0.15, 0.2) is 45.7 Å². The molecule has 4 aromatic rings. The maximum Gasteiger partial charge on any atom is 0.327 e. The Morgan fingerprint density at radius 1 is 1.12 bits per heavy atom. The van der Waals surface area contributed by atoms with Crippen molar-refractivity contribution in [3.05, 3.63) is 62.9 Å². The number of likely N-dealkylation sites (tertiary alicyclic amines) is 1. The van der Waals surface area contributed by atoms with Crippen molar-refractivity contribution in [3.8, 4) is 11.5 Å². The topological polar surface area (TPSA) is 110 Å². The van der Waals surface area contributed by atoms with Crippen LogP contribution < -0.4 is 5.69 Å². The number of H-pyrrole nitrogens is 1. The number of hydrogen-bond donors (Lipinski definition) is 1. The molecule has 5 rings (SSSR count). The van der Waals surface area contributed by atoms with Gasteiger partial charge in [0.1, 0.15) is 6.42 Å². The molecule has 164 valence electrons. The monoisotopic (exact) mass is 472 g/mol. The maximum absolute atomic E-state index is 12.8. The van der Waals surface area contributed by atoms with Crippen molar-refractivity contribution in [1.29, 1.82) is 0 Å². The lowest BCUT2D eigenvalue weighted by atomic mass is 10.0. The molecule has 1 N–H and O–H groups in total. The molecule has 0 atom stereocenters. The van der Waals surface area contributed by atoms with E-state index in [9.17, 15) is 9.59 Å². The zero-order valence-electron chi connectivity index (χ0n) is 16.8. The fourth-order valence-electron chi connectivity index (χ4n) is 4.06. The molecule has 9 nitrogen and oxygen atoms in total. The summed E-state index contributed by atoms with van der Waals surface area (Å²) in [4.78, 5) is 33.9. The van der Waals surface area contributed by atoms with Crippen LogP contribution in [0.5, 0.6) is 0 Å². The molecule has 0 spiro atoms. The number of aromatic amines is 1. The molecule has 0 aliphatic carbocycles. The third-order valence-electron chi connectivity index (χ3n) is 5.62. The Hall–Kier alpha value is -3.17. The van der Waals surface area contributed by atoms with Crippen LogP contribution in [-0.2, 0) is 11.2 Å². The second kappa shape index (κ2) is 8.40. The average molecular weight is 473 g/mol. The van der Waals surface area contributed by atoms with Crippen molar-refractivity contribution in [2.75, 3.05) is 13.1 Å². The molecule has 0 bridgehead atoms. The van der Waals surface area contributed by atoms with Gasteiger partial charge in [-0.25, -0.2) is 9.78 Å². The molecular weight excluding hydrogens is 455 g/mol. The number of pyridine rings is 1. The number of nitrogens with one attached hydrogen (secondary N) is 1. The minimum absolute atomic E-state index is 0.00173. The van der Waals surface area contributed by atoms with E-state index < -0.39 is 0 Å². The minimum Gasteiger partial charge on any atom is -0.420 e.